The molecule has 5 heteroatoms. The van der Waals surface area contributed by atoms with E-state index in [1.807, 2.05) is 6.08 Å². The number of carbonyl (C=O) groups excluding carboxylic acids is 1. The number of piperidine rings is 1. The van der Waals surface area contributed by atoms with Gasteiger partial charge in [-0.3, -0.25) is 4.79 Å². The van der Waals surface area contributed by atoms with Crippen molar-refractivity contribution >= 4 is 28.9 Å². The zero-order chi connectivity index (χ0) is 14.8. The number of hydrogen-bond donors (Lipinski definition) is 1. The first-order valence-electron chi connectivity index (χ1n) is 7.18. The van der Waals surface area contributed by atoms with E-state index < -0.39 is 0 Å². The number of likely N-dealkylation sites (tertiary alicyclic amines) is 1. The summed E-state index contributed by atoms with van der Waals surface area (Å²) in [5.41, 5.74) is 0.895. The average molecular weight is 302 g/mol. The molecule has 1 N–H and O–H groups in total. The van der Waals surface area contributed by atoms with Crippen LogP contribution in [0.2, 0.25) is 0 Å². The molecule has 21 heavy (non-hydrogen) atoms. The monoisotopic (exact) mass is 302 g/mol. The van der Waals surface area contributed by atoms with E-state index in [1.165, 1.54) is 18.2 Å². The second kappa shape index (κ2) is 5.93. The number of aliphatic imine (C=N–C) groups is 1. The molecule has 1 fully saturated rings. The highest BCUT2D eigenvalue weighted by Crippen LogP contribution is 2.32. The summed E-state index contributed by atoms with van der Waals surface area (Å²) in [6.07, 6.45) is 4.24. The maximum Gasteiger partial charge on any atom is 0.286 e. The predicted octanol–water partition coefficient (Wildman–Crippen LogP) is 3.09. The summed E-state index contributed by atoms with van der Waals surface area (Å²) in [6, 6.07) is 6.81. The summed E-state index contributed by atoms with van der Waals surface area (Å²) < 4.78 is 0. The molecule has 0 radical (unpaired) electrons. The van der Waals surface area contributed by atoms with E-state index in [9.17, 15) is 9.90 Å². The lowest BCUT2D eigenvalue weighted by molar-refractivity contribution is -0.113. The van der Waals surface area contributed by atoms with E-state index in [-0.39, 0.29) is 11.7 Å². The minimum Gasteiger partial charge on any atom is -0.508 e. The van der Waals surface area contributed by atoms with Crippen molar-refractivity contribution in [3.8, 4) is 5.75 Å². The number of rotatable bonds is 1. The molecule has 1 aromatic rings. The predicted molar refractivity (Wildman–Crippen MR) is 86.1 cm³/mol. The molecule has 0 spiro atoms. The molecule has 2 aliphatic rings. The van der Waals surface area contributed by atoms with Crippen molar-refractivity contribution in [2.45, 2.75) is 19.8 Å². The van der Waals surface area contributed by atoms with Crippen LogP contribution in [0.15, 0.2) is 34.2 Å². The maximum absolute atomic E-state index is 12.0. The smallest absolute Gasteiger partial charge is 0.286 e. The summed E-state index contributed by atoms with van der Waals surface area (Å²) in [6.45, 7) is 4.20. The van der Waals surface area contributed by atoms with Crippen LogP contribution in [-0.4, -0.2) is 34.2 Å². The maximum atomic E-state index is 12.0. The first-order chi connectivity index (χ1) is 10.1. The Labute approximate surface area is 128 Å². The lowest BCUT2D eigenvalue weighted by Gasteiger charge is -2.31. The summed E-state index contributed by atoms with van der Waals surface area (Å²) in [5.74, 6) is 0.713. The van der Waals surface area contributed by atoms with E-state index in [0.717, 1.165) is 30.2 Å². The van der Waals surface area contributed by atoms with Gasteiger partial charge in [0.15, 0.2) is 5.17 Å². The Kier molecular flexibility index (Phi) is 4.01. The average Bonchev–Trinajstić information content (AvgIpc) is 2.83. The highest BCUT2D eigenvalue weighted by Gasteiger charge is 2.28. The number of carbonyl (C=O) groups is 1. The lowest BCUT2D eigenvalue weighted by Crippen LogP contribution is -2.37. The normalized spacial score (nSPS) is 24.5. The van der Waals surface area contributed by atoms with Gasteiger partial charge in [0.25, 0.3) is 5.91 Å². The molecule has 1 amide bonds. The topological polar surface area (TPSA) is 52.9 Å². The second-order valence-electron chi connectivity index (χ2n) is 5.60. The molecule has 1 aromatic carbocycles. The van der Waals surface area contributed by atoms with E-state index in [1.54, 1.807) is 24.3 Å². The molecule has 0 aliphatic carbocycles. The Morgan fingerprint density at radius 3 is 2.86 bits per heavy atom. The van der Waals surface area contributed by atoms with Gasteiger partial charge in [0.2, 0.25) is 0 Å². The third kappa shape index (κ3) is 3.29. The Hall–Kier alpha value is -1.75. The van der Waals surface area contributed by atoms with Crippen LogP contribution in [0, 0.1) is 5.92 Å². The molecule has 0 aromatic heterocycles. The van der Waals surface area contributed by atoms with Crippen molar-refractivity contribution in [1.29, 1.82) is 0 Å². The first-order valence-corrected chi connectivity index (χ1v) is 8.00. The number of phenolic OH excluding ortho intramolecular Hbond substituents is 1. The van der Waals surface area contributed by atoms with Crippen LogP contribution in [0.1, 0.15) is 25.3 Å². The zero-order valence-electron chi connectivity index (χ0n) is 12.0. The molecule has 2 heterocycles. The Morgan fingerprint density at radius 1 is 1.38 bits per heavy atom. The van der Waals surface area contributed by atoms with Crippen molar-refractivity contribution in [3.05, 3.63) is 34.7 Å². The molecule has 110 valence electrons. The fourth-order valence-corrected chi connectivity index (χ4v) is 3.57. The van der Waals surface area contributed by atoms with Gasteiger partial charge in [-0.15, -0.1) is 0 Å². The first kappa shape index (κ1) is 14.2. The van der Waals surface area contributed by atoms with Gasteiger partial charge in [0.05, 0.1) is 4.91 Å². The molecule has 1 atom stereocenters. The standard InChI is InChI=1S/C16H18N2O2S/c1-11-3-2-8-18(10-11)16-17-15(20)14(21-16)9-12-4-6-13(19)7-5-12/h4-7,9,11,19H,2-3,8,10H2,1H3/b14-9+/t11-/m1/s1. The van der Waals surface area contributed by atoms with Crippen molar-refractivity contribution in [2.24, 2.45) is 10.9 Å². The van der Waals surface area contributed by atoms with Crippen LogP contribution in [0.4, 0.5) is 0 Å². The fourth-order valence-electron chi connectivity index (χ4n) is 2.62. The zero-order valence-corrected chi connectivity index (χ0v) is 12.8. The van der Waals surface area contributed by atoms with Gasteiger partial charge in [-0.2, -0.15) is 4.99 Å². The molecular formula is C16H18N2O2S. The third-order valence-electron chi connectivity index (χ3n) is 3.73. The van der Waals surface area contributed by atoms with Gasteiger partial charge in [-0.25, -0.2) is 0 Å². The van der Waals surface area contributed by atoms with Gasteiger partial charge >= 0.3 is 0 Å². The van der Waals surface area contributed by atoms with E-state index in [4.69, 9.17) is 0 Å². The fraction of sp³-hybridized carbons (Fsp3) is 0.375. The van der Waals surface area contributed by atoms with Crippen molar-refractivity contribution in [1.82, 2.24) is 4.90 Å². The number of phenols is 1. The summed E-state index contributed by atoms with van der Waals surface area (Å²) in [5, 5.41) is 10.1. The Morgan fingerprint density at radius 2 is 2.14 bits per heavy atom. The third-order valence-corrected chi connectivity index (χ3v) is 4.77. The number of amidine groups is 1. The van der Waals surface area contributed by atoms with Gasteiger partial charge in [0, 0.05) is 13.1 Å². The highest BCUT2D eigenvalue weighted by molar-refractivity contribution is 8.18. The number of benzene rings is 1. The van der Waals surface area contributed by atoms with Gasteiger partial charge in [0.1, 0.15) is 5.75 Å². The summed E-state index contributed by atoms with van der Waals surface area (Å²) >= 11 is 1.45. The number of aromatic hydroxyl groups is 1. The summed E-state index contributed by atoms with van der Waals surface area (Å²) in [4.78, 5) is 19.1. The second-order valence-corrected chi connectivity index (χ2v) is 6.60. The van der Waals surface area contributed by atoms with Crippen molar-refractivity contribution < 1.29 is 9.90 Å². The van der Waals surface area contributed by atoms with Crippen molar-refractivity contribution in [2.75, 3.05) is 13.1 Å². The van der Waals surface area contributed by atoms with E-state index >= 15 is 0 Å². The number of nitrogens with zero attached hydrogens (tertiary/aromatic N) is 2. The molecule has 2 aliphatic heterocycles. The summed E-state index contributed by atoms with van der Waals surface area (Å²) in [7, 11) is 0. The lowest BCUT2D eigenvalue weighted by atomic mass is 10.0. The van der Waals surface area contributed by atoms with E-state index in [0.29, 0.717) is 10.8 Å². The number of amides is 1. The SMILES string of the molecule is C[C@@H]1CCCN(C2=NC(=O)/C(=C\c3ccc(O)cc3)S2)C1. The highest BCUT2D eigenvalue weighted by atomic mass is 32.2. The molecule has 0 unspecified atom stereocenters. The minimum atomic E-state index is -0.165. The van der Waals surface area contributed by atoms with Crippen molar-refractivity contribution in [3.63, 3.8) is 0 Å². The molecule has 0 bridgehead atoms. The van der Waals surface area contributed by atoms with Crippen LogP contribution in [-0.2, 0) is 4.79 Å². The largest absolute Gasteiger partial charge is 0.508 e. The number of thioether (sulfide) groups is 1. The van der Waals surface area contributed by atoms with Crippen LogP contribution >= 0.6 is 11.8 Å². The van der Waals surface area contributed by atoms with Crippen LogP contribution in [0.5, 0.6) is 5.75 Å². The molecule has 4 nitrogen and oxygen atoms in total. The molecular weight excluding hydrogens is 284 g/mol. The van der Waals surface area contributed by atoms with Gasteiger partial charge < -0.3 is 10.0 Å². The number of hydrogen-bond acceptors (Lipinski definition) is 4. The van der Waals surface area contributed by atoms with Gasteiger partial charge in [-0.05, 0) is 54.3 Å². The quantitative estimate of drug-likeness (QED) is 0.810. The Bertz CT molecular complexity index is 607. The molecule has 1 saturated heterocycles. The molecule has 0 saturated carbocycles. The van der Waals surface area contributed by atoms with Crippen LogP contribution in [0.25, 0.3) is 6.08 Å². The van der Waals surface area contributed by atoms with Crippen LogP contribution < -0.4 is 0 Å². The molecule has 3 rings (SSSR count). The Balaban J connectivity index is 1.73. The van der Waals surface area contributed by atoms with Gasteiger partial charge in [-0.1, -0.05) is 19.1 Å². The minimum absolute atomic E-state index is 0.165. The van der Waals surface area contributed by atoms with E-state index in [2.05, 4.69) is 16.8 Å². The van der Waals surface area contributed by atoms with Crippen LogP contribution in [0.3, 0.4) is 0 Å².